The average Bonchev–Trinajstić information content (AvgIpc) is 2.81. The van der Waals surface area contributed by atoms with Gasteiger partial charge >= 0.3 is 0 Å². The maximum atomic E-state index is 4.70. The Hall–Kier alpha value is -0.710. The van der Waals surface area contributed by atoms with Crippen LogP contribution in [-0.4, -0.2) is 11.5 Å². The standard InChI is InChI=1S/C14H17BrN2S/c1-3-16-10(2)13-9-18-14(17-13)8-11-6-4-5-7-12(11)15/h4-7,9-10,16H,3,8H2,1-2H3. The Morgan fingerprint density at radius 3 is 2.89 bits per heavy atom. The first kappa shape index (κ1) is 13.7. The SMILES string of the molecule is CCNC(C)c1csc(Cc2ccccc2Br)n1. The Bertz CT molecular complexity index is 510. The van der Waals surface area contributed by atoms with Gasteiger partial charge < -0.3 is 5.32 Å². The van der Waals surface area contributed by atoms with Crippen molar-refractivity contribution < 1.29 is 0 Å². The molecule has 2 nitrogen and oxygen atoms in total. The van der Waals surface area contributed by atoms with E-state index in [9.17, 15) is 0 Å². The smallest absolute Gasteiger partial charge is 0.0973 e. The number of aromatic nitrogens is 1. The molecule has 1 heterocycles. The zero-order chi connectivity index (χ0) is 13.0. The molecule has 0 radical (unpaired) electrons. The van der Waals surface area contributed by atoms with E-state index in [1.807, 2.05) is 6.07 Å². The van der Waals surface area contributed by atoms with Crippen LogP contribution in [0.25, 0.3) is 0 Å². The first-order valence-electron chi connectivity index (χ1n) is 6.11. The molecule has 1 atom stereocenters. The van der Waals surface area contributed by atoms with E-state index < -0.39 is 0 Å². The minimum atomic E-state index is 0.333. The van der Waals surface area contributed by atoms with E-state index in [4.69, 9.17) is 4.98 Å². The van der Waals surface area contributed by atoms with Crippen molar-refractivity contribution in [1.82, 2.24) is 10.3 Å². The molecule has 1 unspecified atom stereocenters. The van der Waals surface area contributed by atoms with Gasteiger partial charge in [-0.2, -0.15) is 0 Å². The number of nitrogens with one attached hydrogen (secondary N) is 1. The number of halogens is 1. The third-order valence-electron chi connectivity index (χ3n) is 2.82. The third kappa shape index (κ3) is 3.40. The second-order valence-electron chi connectivity index (χ2n) is 4.21. The molecule has 0 aliphatic heterocycles. The van der Waals surface area contributed by atoms with Crippen LogP contribution in [0.1, 0.15) is 36.2 Å². The van der Waals surface area contributed by atoms with Gasteiger partial charge in [0.25, 0.3) is 0 Å². The second-order valence-corrected chi connectivity index (χ2v) is 6.01. The van der Waals surface area contributed by atoms with Gasteiger partial charge in [0.15, 0.2) is 0 Å². The van der Waals surface area contributed by atoms with Crippen LogP contribution in [0.4, 0.5) is 0 Å². The Labute approximate surface area is 121 Å². The maximum Gasteiger partial charge on any atom is 0.0973 e. The quantitative estimate of drug-likeness (QED) is 0.892. The Balaban J connectivity index is 2.09. The lowest BCUT2D eigenvalue weighted by Gasteiger charge is -2.08. The maximum absolute atomic E-state index is 4.70. The van der Waals surface area contributed by atoms with Gasteiger partial charge in [0.1, 0.15) is 0 Å². The number of benzene rings is 1. The predicted octanol–water partition coefficient (Wildman–Crippen LogP) is 4.17. The fourth-order valence-electron chi connectivity index (χ4n) is 1.82. The first-order valence-corrected chi connectivity index (χ1v) is 7.79. The lowest BCUT2D eigenvalue weighted by atomic mass is 10.2. The van der Waals surface area contributed by atoms with Crippen molar-refractivity contribution in [3.05, 3.63) is 50.4 Å². The summed E-state index contributed by atoms with van der Waals surface area (Å²) in [5.41, 5.74) is 2.43. The van der Waals surface area contributed by atoms with Gasteiger partial charge in [-0.05, 0) is 25.1 Å². The van der Waals surface area contributed by atoms with Crippen LogP contribution in [0.3, 0.4) is 0 Å². The number of hydrogen-bond acceptors (Lipinski definition) is 3. The van der Waals surface area contributed by atoms with Crippen molar-refractivity contribution in [3.8, 4) is 0 Å². The molecule has 96 valence electrons. The molecule has 1 aromatic heterocycles. The highest BCUT2D eigenvalue weighted by molar-refractivity contribution is 9.10. The van der Waals surface area contributed by atoms with Crippen LogP contribution in [-0.2, 0) is 6.42 Å². The van der Waals surface area contributed by atoms with E-state index in [0.717, 1.165) is 23.1 Å². The minimum absolute atomic E-state index is 0.333. The van der Waals surface area contributed by atoms with Crippen LogP contribution in [0.5, 0.6) is 0 Å². The summed E-state index contributed by atoms with van der Waals surface area (Å²) < 4.78 is 1.15. The summed E-state index contributed by atoms with van der Waals surface area (Å²) in [6.07, 6.45) is 0.894. The van der Waals surface area contributed by atoms with E-state index >= 15 is 0 Å². The van der Waals surface area contributed by atoms with Crippen LogP contribution in [0.2, 0.25) is 0 Å². The average molecular weight is 325 g/mol. The lowest BCUT2D eigenvalue weighted by Crippen LogP contribution is -2.17. The highest BCUT2D eigenvalue weighted by atomic mass is 79.9. The summed E-state index contributed by atoms with van der Waals surface area (Å²) in [6, 6.07) is 8.65. The molecular weight excluding hydrogens is 308 g/mol. The van der Waals surface area contributed by atoms with E-state index in [2.05, 4.69) is 58.7 Å². The predicted molar refractivity (Wildman–Crippen MR) is 81.2 cm³/mol. The number of hydrogen-bond donors (Lipinski definition) is 1. The largest absolute Gasteiger partial charge is 0.309 e. The van der Waals surface area contributed by atoms with Crippen molar-refractivity contribution in [2.75, 3.05) is 6.54 Å². The fourth-order valence-corrected chi connectivity index (χ4v) is 3.16. The molecule has 2 rings (SSSR count). The molecule has 4 heteroatoms. The van der Waals surface area contributed by atoms with Crippen molar-refractivity contribution >= 4 is 27.3 Å². The first-order chi connectivity index (χ1) is 8.70. The summed E-state index contributed by atoms with van der Waals surface area (Å²) in [6.45, 7) is 5.24. The van der Waals surface area contributed by atoms with Crippen LogP contribution >= 0.6 is 27.3 Å². The van der Waals surface area contributed by atoms with Gasteiger partial charge in [-0.3, -0.25) is 0 Å². The summed E-state index contributed by atoms with van der Waals surface area (Å²) in [7, 11) is 0. The van der Waals surface area contributed by atoms with Gasteiger partial charge in [-0.15, -0.1) is 11.3 Å². The van der Waals surface area contributed by atoms with Gasteiger partial charge in [-0.1, -0.05) is 41.1 Å². The number of nitrogens with zero attached hydrogens (tertiary/aromatic N) is 1. The van der Waals surface area contributed by atoms with Crippen molar-refractivity contribution in [2.24, 2.45) is 0 Å². The van der Waals surface area contributed by atoms with E-state index in [1.54, 1.807) is 11.3 Å². The molecule has 0 fully saturated rings. The van der Waals surface area contributed by atoms with Crippen molar-refractivity contribution in [3.63, 3.8) is 0 Å². The molecule has 0 aliphatic carbocycles. The molecule has 0 bridgehead atoms. The van der Waals surface area contributed by atoms with Gasteiger partial charge in [0.2, 0.25) is 0 Å². The zero-order valence-electron chi connectivity index (χ0n) is 10.6. The van der Waals surface area contributed by atoms with E-state index in [0.29, 0.717) is 6.04 Å². The Kier molecular flexibility index (Phi) is 4.92. The Morgan fingerprint density at radius 2 is 2.17 bits per heavy atom. The second kappa shape index (κ2) is 6.45. The molecule has 1 aromatic carbocycles. The number of thiazole rings is 1. The van der Waals surface area contributed by atoms with Crippen LogP contribution in [0.15, 0.2) is 34.1 Å². The highest BCUT2D eigenvalue weighted by Crippen LogP contribution is 2.23. The van der Waals surface area contributed by atoms with E-state index in [-0.39, 0.29) is 0 Å². The van der Waals surface area contributed by atoms with Crippen molar-refractivity contribution in [2.45, 2.75) is 26.3 Å². The molecular formula is C14H17BrN2S. The van der Waals surface area contributed by atoms with Gasteiger partial charge in [-0.25, -0.2) is 4.98 Å². The fraction of sp³-hybridized carbons (Fsp3) is 0.357. The van der Waals surface area contributed by atoms with E-state index in [1.165, 1.54) is 10.6 Å². The molecule has 18 heavy (non-hydrogen) atoms. The topological polar surface area (TPSA) is 24.9 Å². The summed E-state index contributed by atoms with van der Waals surface area (Å²) >= 11 is 5.31. The monoisotopic (exact) mass is 324 g/mol. The third-order valence-corrected chi connectivity index (χ3v) is 4.46. The molecule has 2 aromatic rings. The number of rotatable bonds is 5. The molecule has 0 saturated carbocycles. The summed E-state index contributed by atoms with van der Waals surface area (Å²) in [5, 5.41) is 6.71. The van der Waals surface area contributed by atoms with Crippen molar-refractivity contribution in [1.29, 1.82) is 0 Å². The zero-order valence-corrected chi connectivity index (χ0v) is 13.0. The van der Waals surface area contributed by atoms with Gasteiger partial charge in [0.05, 0.1) is 10.7 Å². The van der Waals surface area contributed by atoms with Crippen LogP contribution < -0.4 is 5.32 Å². The molecule has 0 amide bonds. The van der Waals surface area contributed by atoms with Gasteiger partial charge in [0, 0.05) is 22.3 Å². The Morgan fingerprint density at radius 1 is 1.39 bits per heavy atom. The summed E-state index contributed by atoms with van der Waals surface area (Å²) in [5.74, 6) is 0. The lowest BCUT2D eigenvalue weighted by molar-refractivity contribution is 0.585. The highest BCUT2D eigenvalue weighted by Gasteiger charge is 2.10. The summed E-state index contributed by atoms with van der Waals surface area (Å²) in [4.78, 5) is 4.70. The normalized spacial score (nSPS) is 12.6. The molecule has 0 aliphatic rings. The molecule has 1 N–H and O–H groups in total. The molecule has 0 spiro atoms. The molecule has 0 saturated heterocycles. The minimum Gasteiger partial charge on any atom is -0.309 e. The van der Waals surface area contributed by atoms with Crippen LogP contribution in [0, 0.1) is 0 Å².